The van der Waals surface area contributed by atoms with Crippen LogP contribution in [0.15, 0.2) is 18.2 Å². The Morgan fingerprint density at radius 3 is 2.76 bits per heavy atom. The summed E-state index contributed by atoms with van der Waals surface area (Å²) < 4.78 is 0. The Morgan fingerprint density at radius 2 is 2.10 bits per heavy atom. The summed E-state index contributed by atoms with van der Waals surface area (Å²) in [7, 11) is 0. The summed E-state index contributed by atoms with van der Waals surface area (Å²) in [6.07, 6.45) is 2.62. The number of halogens is 1. The number of benzene rings is 1. The van der Waals surface area contributed by atoms with Gasteiger partial charge in [0.1, 0.15) is 0 Å². The molecule has 2 amide bonds. The maximum absolute atomic E-state index is 12.0. The quantitative estimate of drug-likeness (QED) is 0.809. The fraction of sp³-hybridized carbons (Fsp3) is 0.467. The highest BCUT2D eigenvalue weighted by molar-refractivity contribution is 5.97. The number of amides is 2. The van der Waals surface area contributed by atoms with Gasteiger partial charge in [-0.3, -0.25) is 9.59 Å². The molecule has 3 N–H and O–H groups in total. The van der Waals surface area contributed by atoms with Crippen molar-refractivity contribution >= 4 is 29.9 Å². The van der Waals surface area contributed by atoms with E-state index in [1.807, 2.05) is 12.1 Å². The largest absolute Gasteiger partial charge is 0.352 e. The van der Waals surface area contributed by atoms with Gasteiger partial charge in [-0.25, -0.2) is 0 Å². The van der Waals surface area contributed by atoms with Gasteiger partial charge in [-0.2, -0.15) is 0 Å². The fourth-order valence-corrected chi connectivity index (χ4v) is 2.44. The molecule has 0 radical (unpaired) electrons. The first kappa shape index (κ1) is 17.5. The van der Waals surface area contributed by atoms with E-state index < -0.39 is 0 Å². The van der Waals surface area contributed by atoms with E-state index in [4.69, 9.17) is 5.73 Å². The van der Waals surface area contributed by atoms with Crippen LogP contribution >= 0.6 is 12.4 Å². The van der Waals surface area contributed by atoms with Gasteiger partial charge in [0, 0.05) is 31.3 Å². The van der Waals surface area contributed by atoms with E-state index in [9.17, 15) is 9.59 Å². The lowest BCUT2D eigenvalue weighted by molar-refractivity contribution is -0.116. The Balaban J connectivity index is 0.00000220. The van der Waals surface area contributed by atoms with Crippen molar-refractivity contribution in [2.45, 2.75) is 26.2 Å². The second-order valence-electron chi connectivity index (χ2n) is 5.02. The van der Waals surface area contributed by atoms with Gasteiger partial charge in [0.25, 0.3) is 5.91 Å². The summed E-state index contributed by atoms with van der Waals surface area (Å²) in [6, 6.07) is 5.52. The van der Waals surface area contributed by atoms with Crippen molar-refractivity contribution in [2.75, 3.05) is 24.5 Å². The first-order valence-electron chi connectivity index (χ1n) is 7.03. The Kier molecular flexibility index (Phi) is 6.65. The number of nitrogens with one attached hydrogen (secondary N) is 1. The van der Waals surface area contributed by atoms with Gasteiger partial charge >= 0.3 is 0 Å². The molecule has 2 rings (SSSR count). The molecule has 0 aliphatic carbocycles. The molecule has 0 saturated carbocycles. The van der Waals surface area contributed by atoms with Crippen molar-refractivity contribution in [3.63, 3.8) is 0 Å². The predicted octanol–water partition coefficient (Wildman–Crippen LogP) is 1.49. The average Bonchev–Trinajstić information content (AvgIpc) is 2.86. The zero-order chi connectivity index (χ0) is 14.5. The summed E-state index contributed by atoms with van der Waals surface area (Å²) in [5.74, 6) is -0.0196. The van der Waals surface area contributed by atoms with E-state index in [0.717, 1.165) is 30.5 Å². The van der Waals surface area contributed by atoms with Crippen LogP contribution in [-0.4, -0.2) is 31.4 Å². The van der Waals surface area contributed by atoms with Crippen molar-refractivity contribution in [1.82, 2.24) is 5.32 Å². The normalized spacial score (nSPS) is 12.6. The number of carbonyl (C=O) groups excluding carboxylic acids is 2. The van der Waals surface area contributed by atoms with Crippen LogP contribution in [0.25, 0.3) is 0 Å². The molecule has 1 aromatic carbocycles. The van der Waals surface area contributed by atoms with Crippen molar-refractivity contribution in [2.24, 2.45) is 5.73 Å². The molecule has 0 unspecified atom stereocenters. The zero-order valence-corrected chi connectivity index (χ0v) is 13.0. The molecule has 0 saturated heterocycles. The third-order valence-electron chi connectivity index (χ3n) is 3.53. The van der Waals surface area contributed by atoms with Gasteiger partial charge < -0.3 is 16.0 Å². The number of rotatable bonds is 5. The minimum absolute atomic E-state index is 0. The van der Waals surface area contributed by atoms with Crippen molar-refractivity contribution < 1.29 is 9.59 Å². The summed E-state index contributed by atoms with van der Waals surface area (Å²) in [5.41, 5.74) is 8.06. The highest BCUT2D eigenvalue weighted by atomic mass is 35.5. The summed E-state index contributed by atoms with van der Waals surface area (Å²) in [4.78, 5) is 25.2. The van der Waals surface area contributed by atoms with Crippen LogP contribution in [0.4, 0.5) is 5.69 Å². The number of fused-ring (bicyclic) bond motifs is 1. The molecule has 6 heteroatoms. The molecule has 0 bridgehead atoms. The average molecular weight is 312 g/mol. The summed E-state index contributed by atoms with van der Waals surface area (Å²) >= 11 is 0. The minimum Gasteiger partial charge on any atom is -0.352 e. The van der Waals surface area contributed by atoms with Gasteiger partial charge in [0.2, 0.25) is 5.91 Å². The van der Waals surface area contributed by atoms with Crippen LogP contribution < -0.4 is 16.0 Å². The number of hydrogen-bond acceptors (Lipinski definition) is 3. The Morgan fingerprint density at radius 1 is 1.33 bits per heavy atom. The third-order valence-corrected chi connectivity index (χ3v) is 3.53. The second kappa shape index (κ2) is 8.00. The molecule has 5 nitrogen and oxygen atoms in total. The first-order chi connectivity index (χ1) is 9.63. The standard InChI is InChI=1S/C15H21N3O2.ClH/c1-11(19)18-9-6-12-10-13(4-5-14(12)18)15(20)17-8-3-2-7-16;/h4-5,10H,2-3,6-9,16H2,1H3,(H,17,20);1H. The van der Waals surface area contributed by atoms with E-state index in [2.05, 4.69) is 5.32 Å². The van der Waals surface area contributed by atoms with Crippen LogP contribution in [0.3, 0.4) is 0 Å². The first-order valence-corrected chi connectivity index (χ1v) is 7.03. The maximum atomic E-state index is 12.0. The highest BCUT2D eigenvalue weighted by Gasteiger charge is 2.22. The predicted molar refractivity (Wildman–Crippen MR) is 86.0 cm³/mol. The van der Waals surface area contributed by atoms with Crippen molar-refractivity contribution in [1.29, 1.82) is 0 Å². The smallest absolute Gasteiger partial charge is 0.251 e. The van der Waals surface area contributed by atoms with Crippen LogP contribution in [0.5, 0.6) is 0 Å². The van der Waals surface area contributed by atoms with Crippen LogP contribution in [0.1, 0.15) is 35.7 Å². The SMILES string of the molecule is CC(=O)N1CCc2cc(C(=O)NCCCCN)ccc21.Cl. The van der Waals surface area contributed by atoms with Gasteiger partial charge in [-0.1, -0.05) is 0 Å². The zero-order valence-electron chi connectivity index (χ0n) is 12.2. The molecule has 1 aliphatic heterocycles. The Hall–Kier alpha value is -1.59. The Labute approximate surface area is 131 Å². The van der Waals surface area contributed by atoms with E-state index in [0.29, 0.717) is 25.2 Å². The maximum Gasteiger partial charge on any atom is 0.251 e. The molecule has 0 atom stereocenters. The molecular formula is C15H22ClN3O2. The third kappa shape index (κ3) is 4.19. The molecular weight excluding hydrogens is 290 g/mol. The number of anilines is 1. The lowest BCUT2D eigenvalue weighted by atomic mass is 10.1. The molecule has 0 fully saturated rings. The lowest BCUT2D eigenvalue weighted by Crippen LogP contribution is -2.26. The summed E-state index contributed by atoms with van der Waals surface area (Å²) in [6.45, 7) is 3.56. The van der Waals surface area contributed by atoms with E-state index in [-0.39, 0.29) is 24.2 Å². The van der Waals surface area contributed by atoms with Gasteiger partial charge in [-0.05, 0) is 49.6 Å². The number of carbonyl (C=O) groups is 2. The number of unbranched alkanes of at least 4 members (excludes halogenated alkanes) is 1. The van der Waals surface area contributed by atoms with Crippen LogP contribution in [0.2, 0.25) is 0 Å². The Bertz CT molecular complexity index is 520. The monoisotopic (exact) mass is 311 g/mol. The van der Waals surface area contributed by atoms with Crippen molar-refractivity contribution in [3.05, 3.63) is 29.3 Å². The molecule has 1 aromatic rings. The molecule has 0 aromatic heterocycles. The van der Waals surface area contributed by atoms with E-state index in [1.54, 1.807) is 17.9 Å². The van der Waals surface area contributed by atoms with Crippen molar-refractivity contribution in [3.8, 4) is 0 Å². The fourth-order valence-electron chi connectivity index (χ4n) is 2.44. The van der Waals surface area contributed by atoms with E-state index in [1.165, 1.54) is 0 Å². The lowest BCUT2D eigenvalue weighted by Gasteiger charge is -2.14. The van der Waals surface area contributed by atoms with E-state index >= 15 is 0 Å². The van der Waals surface area contributed by atoms with Gasteiger partial charge in [0.05, 0.1) is 0 Å². The molecule has 0 spiro atoms. The van der Waals surface area contributed by atoms with Gasteiger partial charge in [-0.15, -0.1) is 12.4 Å². The van der Waals surface area contributed by atoms with Crippen LogP contribution in [0, 0.1) is 0 Å². The number of nitrogens with two attached hydrogens (primary N) is 1. The van der Waals surface area contributed by atoms with Gasteiger partial charge in [0.15, 0.2) is 0 Å². The topological polar surface area (TPSA) is 75.4 Å². The molecule has 21 heavy (non-hydrogen) atoms. The minimum atomic E-state index is -0.0638. The number of nitrogens with zero attached hydrogens (tertiary/aromatic N) is 1. The molecule has 1 heterocycles. The number of hydrogen-bond donors (Lipinski definition) is 2. The molecule has 116 valence electrons. The highest BCUT2D eigenvalue weighted by Crippen LogP contribution is 2.28. The van der Waals surface area contributed by atoms with Crippen LogP contribution in [-0.2, 0) is 11.2 Å². The summed E-state index contributed by atoms with van der Waals surface area (Å²) in [5, 5.41) is 2.88. The molecule has 1 aliphatic rings. The second-order valence-corrected chi connectivity index (χ2v) is 5.02.